The van der Waals surface area contributed by atoms with Gasteiger partial charge in [0.25, 0.3) is 5.91 Å². The maximum atomic E-state index is 13.5. The highest BCUT2D eigenvalue weighted by atomic mass is 35.5. The molecule has 0 saturated carbocycles. The highest BCUT2D eigenvalue weighted by molar-refractivity contribution is 7.90. The first-order valence-electron chi connectivity index (χ1n) is 12.1. The van der Waals surface area contributed by atoms with Crippen LogP contribution in [0.25, 0.3) is 11.0 Å². The zero-order valence-electron chi connectivity index (χ0n) is 21.6. The minimum atomic E-state index is -4.03. The molecular weight excluding hydrogens is 589 g/mol. The Morgan fingerprint density at radius 1 is 1.00 bits per heavy atom. The van der Waals surface area contributed by atoms with Crippen molar-refractivity contribution in [3.63, 3.8) is 0 Å². The summed E-state index contributed by atoms with van der Waals surface area (Å²) >= 11 is 12.4. The summed E-state index contributed by atoms with van der Waals surface area (Å²) in [5.41, 5.74) is 1.55. The van der Waals surface area contributed by atoms with Gasteiger partial charge in [-0.3, -0.25) is 9.59 Å². The third-order valence-corrected chi connectivity index (χ3v) is 8.29. The standard InChI is InChI=1S/C29H21Cl2N3O6S/c1-16-7-3-4-8-18(16)15-41(37,38)29-32-14-21(31)25(34-29)28(36)33-24-19-9-5-6-10-22(19)40-27(24)26(35)17-11-12-23(39-2)20(30)13-17/h3-14H,15H2,1-2H3,(H,33,36). The maximum Gasteiger partial charge on any atom is 0.276 e. The van der Waals surface area contributed by atoms with E-state index in [1.54, 1.807) is 55.5 Å². The van der Waals surface area contributed by atoms with Crippen molar-refractivity contribution in [1.29, 1.82) is 0 Å². The average molecular weight is 610 g/mol. The smallest absolute Gasteiger partial charge is 0.276 e. The number of ketones is 1. The second kappa shape index (κ2) is 11.3. The van der Waals surface area contributed by atoms with E-state index >= 15 is 0 Å². The number of anilines is 1. The molecule has 0 aliphatic carbocycles. The SMILES string of the molecule is COc1ccc(C(=O)c2oc3ccccc3c2NC(=O)c2nc(S(=O)(=O)Cc3ccccc3C)ncc2Cl)cc1Cl. The lowest BCUT2D eigenvalue weighted by molar-refractivity contribution is 0.101. The molecule has 0 atom stereocenters. The fourth-order valence-electron chi connectivity index (χ4n) is 4.14. The summed E-state index contributed by atoms with van der Waals surface area (Å²) < 4.78 is 37.2. The van der Waals surface area contributed by atoms with Gasteiger partial charge in [-0.1, -0.05) is 59.6 Å². The number of nitrogens with zero attached hydrogens (tertiary/aromatic N) is 2. The van der Waals surface area contributed by atoms with E-state index in [2.05, 4.69) is 15.3 Å². The molecule has 5 rings (SSSR count). The quantitative estimate of drug-likeness (QED) is 0.160. The van der Waals surface area contributed by atoms with Gasteiger partial charge in [-0.05, 0) is 48.4 Å². The molecule has 0 saturated heterocycles. The number of carbonyl (C=O) groups excluding carboxylic acids is 2. The number of benzene rings is 3. The molecule has 3 aromatic carbocycles. The number of methoxy groups -OCH3 is 1. The van der Waals surface area contributed by atoms with Crippen LogP contribution in [0.2, 0.25) is 10.0 Å². The molecule has 0 aliphatic heterocycles. The number of carbonyl (C=O) groups is 2. The van der Waals surface area contributed by atoms with Crippen LogP contribution in [0.5, 0.6) is 5.75 Å². The Morgan fingerprint density at radius 3 is 2.46 bits per heavy atom. The van der Waals surface area contributed by atoms with Crippen LogP contribution in [0.4, 0.5) is 5.69 Å². The van der Waals surface area contributed by atoms with Crippen LogP contribution in [0.15, 0.2) is 82.5 Å². The van der Waals surface area contributed by atoms with Crippen LogP contribution in [-0.2, 0) is 15.6 Å². The molecular formula is C29H21Cl2N3O6S. The van der Waals surface area contributed by atoms with Gasteiger partial charge < -0.3 is 14.5 Å². The van der Waals surface area contributed by atoms with Crippen molar-refractivity contribution in [3.8, 4) is 5.75 Å². The number of amides is 1. The van der Waals surface area contributed by atoms with Crippen LogP contribution in [0, 0.1) is 6.92 Å². The van der Waals surface area contributed by atoms with Crippen molar-refractivity contribution >= 4 is 61.4 Å². The van der Waals surface area contributed by atoms with Gasteiger partial charge in [0.15, 0.2) is 11.5 Å². The number of rotatable bonds is 8. The zero-order valence-corrected chi connectivity index (χ0v) is 24.0. The summed E-state index contributed by atoms with van der Waals surface area (Å²) in [5, 5.41) is 2.54. The van der Waals surface area contributed by atoms with Crippen LogP contribution in [0.1, 0.15) is 37.7 Å². The first-order chi connectivity index (χ1) is 19.6. The van der Waals surface area contributed by atoms with Crippen molar-refractivity contribution in [2.75, 3.05) is 12.4 Å². The summed E-state index contributed by atoms with van der Waals surface area (Å²) in [5.74, 6) is -1.57. The monoisotopic (exact) mass is 609 g/mol. The molecule has 0 bridgehead atoms. The van der Waals surface area contributed by atoms with Gasteiger partial charge in [0.05, 0.1) is 34.8 Å². The Kier molecular flexibility index (Phi) is 7.81. The molecule has 0 unspecified atom stereocenters. The van der Waals surface area contributed by atoms with Gasteiger partial charge in [0.2, 0.25) is 20.8 Å². The summed E-state index contributed by atoms with van der Waals surface area (Å²) in [6.45, 7) is 1.79. The van der Waals surface area contributed by atoms with Gasteiger partial charge in [-0.15, -0.1) is 0 Å². The summed E-state index contributed by atoms with van der Waals surface area (Å²) in [6.07, 6.45) is 1.05. The molecule has 2 heterocycles. The largest absolute Gasteiger partial charge is 0.495 e. The molecule has 1 N–H and O–H groups in total. The van der Waals surface area contributed by atoms with Gasteiger partial charge >= 0.3 is 0 Å². The number of furan rings is 1. The Balaban J connectivity index is 1.51. The zero-order chi connectivity index (χ0) is 29.3. The summed E-state index contributed by atoms with van der Waals surface area (Å²) in [7, 11) is -2.58. The first kappa shape index (κ1) is 28.3. The number of aromatic nitrogens is 2. The molecule has 12 heteroatoms. The van der Waals surface area contributed by atoms with Crippen molar-refractivity contribution < 1.29 is 27.2 Å². The Morgan fingerprint density at radius 2 is 1.73 bits per heavy atom. The minimum absolute atomic E-state index is 0.0570. The second-order valence-corrected chi connectivity index (χ2v) is 11.7. The van der Waals surface area contributed by atoms with E-state index < -0.39 is 26.7 Å². The van der Waals surface area contributed by atoms with Gasteiger partial charge in [0.1, 0.15) is 11.3 Å². The lowest BCUT2D eigenvalue weighted by Gasteiger charge is -2.10. The maximum absolute atomic E-state index is 13.5. The fraction of sp³-hybridized carbons (Fsp3) is 0.103. The number of ether oxygens (including phenoxy) is 1. The second-order valence-electron chi connectivity index (χ2n) is 8.97. The van der Waals surface area contributed by atoms with E-state index in [-0.39, 0.29) is 38.5 Å². The van der Waals surface area contributed by atoms with Crippen molar-refractivity contribution in [1.82, 2.24) is 9.97 Å². The number of halogens is 2. The number of sulfone groups is 1. The van der Waals surface area contributed by atoms with E-state index in [0.29, 0.717) is 22.3 Å². The van der Waals surface area contributed by atoms with Crippen LogP contribution < -0.4 is 10.1 Å². The van der Waals surface area contributed by atoms with Crippen LogP contribution in [-0.4, -0.2) is 37.2 Å². The van der Waals surface area contributed by atoms with E-state index in [0.717, 1.165) is 11.8 Å². The predicted octanol–water partition coefficient (Wildman–Crippen LogP) is 6.30. The predicted molar refractivity (Wildman–Crippen MR) is 155 cm³/mol. The topological polar surface area (TPSA) is 128 Å². The first-order valence-corrected chi connectivity index (χ1v) is 14.5. The lowest BCUT2D eigenvalue weighted by Crippen LogP contribution is -2.19. The molecule has 41 heavy (non-hydrogen) atoms. The highest BCUT2D eigenvalue weighted by Crippen LogP contribution is 2.34. The van der Waals surface area contributed by atoms with Crippen LogP contribution >= 0.6 is 23.2 Å². The third kappa shape index (κ3) is 5.67. The van der Waals surface area contributed by atoms with E-state index in [1.165, 1.54) is 25.3 Å². The molecule has 208 valence electrons. The lowest BCUT2D eigenvalue weighted by atomic mass is 10.1. The molecule has 5 aromatic rings. The molecule has 9 nitrogen and oxygen atoms in total. The minimum Gasteiger partial charge on any atom is -0.495 e. The van der Waals surface area contributed by atoms with E-state index in [1.807, 2.05) is 0 Å². The van der Waals surface area contributed by atoms with Gasteiger partial charge in [-0.2, -0.15) is 0 Å². The number of aryl methyl sites for hydroxylation is 1. The molecule has 2 aromatic heterocycles. The molecule has 0 spiro atoms. The highest BCUT2D eigenvalue weighted by Gasteiger charge is 2.27. The van der Waals surface area contributed by atoms with Crippen molar-refractivity contribution in [2.24, 2.45) is 0 Å². The Bertz CT molecular complexity index is 1940. The number of nitrogens with one attached hydrogen (secondary N) is 1. The molecule has 0 radical (unpaired) electrons. The fourth-order valence-corrected chi connectivity index (χ4v) is 5.88. The molecule has 0 fully saturated rings. The van der Waals surface area contributed by atoms with Crippen molar-refractivity contribution in [2.45, 2.75) is 17.8 Å². The van der Waals surface area contributed by atoms with E-state index in [4.69, 9.17) is 32.4 Å². The number of fused-ring (bicyclic) bond motifs is 1. The number of hydrogen-bond donors (Lipinski definition) is 1. The number of hydrogen-bond acceptors (Lipinski definition) is 8. The Hall–Kier alpha value is -4.25. The van der Waals surface area contributed by atoms with Gasteiger partial charge in [0, 0.05) is 10.9 Å². The third-order valence-electron chi connectivity index (χ3n) is 6.28. The van der Waals surface area contributed by atoms with Gasteiger partial charge in [-0.25, -0.2) is 18.4 Å². The Labute approximate surface area is 245 Å². The van der Waals surface area contributed by atoms with E-state index in [9.17, 15) is 18.0 Å². The van der Waals surface area contributed by atoms with Crippen LogP contribution in [0.3, 0.4) is 0 Å². The molecule has 1 amide bonds. The number of para-hydroxylation sites is 1. The van der Waals surface area contributed by atoms with Crippen molar-refractivity contribution in [3.05, 3.63) is 111 Å². The summed E-state index contributed by atoms with van der Waals surface area (Å²) in [4.78, 5) is 34.8. The average Bonchev–Trinajstić information content (AvgIpc) is 3.32. The summed E-state index contributed by atoms with van der Waals surface area (Å²) in [6, 6.07) is 18.2. The molecule has 0 aliphatic rings. The normalized spacial score (nSPS) is 11.4.